The van der Waals surface area contributed by atoms with Crippen LogP contribution in [0.4, 0.5) is 9.93 Å². The van der Waals surface area contributed by atoms with E-state index < -0.39 is 12.1 Å². The Bertz CT molecular complexity index is 1220. The van der Waals surface area contributed by atoms with Gasteiger partial charge in [-0.05, 0) is 41.5 Å². The number of benzene rings is 2. The lowest BCUT2D eigenvalue weighted by atomic mass is 9.98. The first kappa shape index (κ1) is 23.0. The number of aliphatic carboxylic acids is 1. The summed E-state index contributed by atoms with van der Waals surface area (Å²) in [6, 6.07) is 16.3. The van der Waals surface area contributed by atoms with Crippen LogP contribution in [0.1, 0.15) is 41.2 Å². The topological polar surface area (TPSA) is 109 Å². The largest absolute Gasteiger partial charge is 0.480 e. The summed E-state index contributed by atoms with van der Waals surface area (Å²) in [5.74, 6) is -1.20. The highest BCUT2D eigenvalue weighted by atomic mass is 32.1. The number of carbonyl (C=O) groups excluding carboxylic acids is 2. The molecule has 3 aromatic rings. The van der Waals surface area contributed by atoms with Crippen LogP contribution >= 0.6 is 11.3 Å². The first-order valence-electron chi connectivity index (χ1n) is 11.6. The molecule has 9 heteroatoms. The third-order valence-corrected chi connectivity index (χ3v) is 7.28. The number of fused-ring (bicyclic) bond motifs is 3. The number of ether oxygens (including phenoxy) is 1. The second kappa shape index (κ2) is 9.87. The summed E-state index contributed by atoms with van der Waals surface area (Å²) in [5.41, 5.74) is 4.62. The molecule has 2 aliphatic carbocycles. The van der Waals surface area contributed by atoms with Crippen molar-refractivity contribution < 1.29 is 24.2 Å². The molecule has 1 aromatic heterocycles. The molecule has 0 unspecified atom stereocenters. The van der Waals surface area contributed by atoms with Gasteiger partial charge in [0.05, 0.1) is 0 Å². The lowest BCUT2D eigenvalue weighted by Crippen LogP contribution is -2.37. The molecule has 1 saturated carbocycles. The Labute approximate surface area is 206 Å². The summed E-state index contributed by atoms with van der Waals surface area (Å²) in [6.07, 6.45) is 3.39. The molecule has 8 nitrogen and oxygen atoms in total. The summed E-state index contributed by atoms with van der Waals surface area (Å²) in [6.45, 7) is -0.0477. The van der Waals surface area contributed by atoms with Gasteiger partial charge < -0.3 is 14.7 Å². The number of aryl methyl sites for hydroxylation is 1. The molecule has 0 saturated heterocycles. The first-order valence-corrected chi connectivity index (χ1v) is 12.4. The number of nitrogens with zero attached hydrogens (tertiary/aromatic N) is 2. The molecule has 0 aliphatic heterocycles. The molecule has 180 valence electrons. The van der Waals surface area contributed by atoms with Gasteiger partial charge in [0.1, 0.15) is 13.2 Å². The van der Waals surface area contributed by atoms with E-state index in [1.54, 1.807) is 6.20 Å². The molecule has 1 fully saturated rings. The average Bonchev–Trinajstić information content (AvgIpc) is 3.52. The predicted octanol–water partition coefficient (Wildman–Crippen LogP) is 4.51. The van der Waals surface area contributed by atoms with Gasteiger partial charge in [-0.25, -0.2) is 9.78 Å². The lowest BCUT2D eigenvalue weighted by Gasteiger charge is -2.19. The fourth-order valence-corrected chi connectivity index (χ4v) is 5.33. The molecular formula is C26H25N3O5S. The normalized spacial score (nSPS) is 14.2. The average molecular weight is 492 g/mol. The van der Waals surface area contributed by atoms with Crippen molar-refractivity contribution in [1.29, 1.82) is 0 Å². The smallest absolute Gasteiger partial charge is 0.413 e. The van der Waals surface area contributed by atoms with E-state index in [0.29, 0.717) is 11.6 Å². The number of rotatable bonds is 9. The lowest BCUT2D eigenvalue weighted by molar-refractivity contribution is -0.144. The monoisotopic (exact) mass is 491 g/mol. The zero-order chi connectivity index (χ0) is 24.4. The maximum atomic E-state index is 12.5. The molecule has 2 amide bonds. The fourth-order valence-electron chi connectivity index (χ4n) is 4.53. The minimum atomic E-state index is -1.00. The number of thiazole rings is 1. The summed E-state index contributed by atoms with van der Waals surface area (Å²) in [4.78, 5) is 42.4. The van der Waals surface area contributed by atoms with Crippen molar-refractivity contribution >= 4 is 34.4 Å². The van der Waals surface area contributed by atoms with Crippen LogP contribution in [0.15, 0.2) is 54.7 Å². The van der Waals surface area contributed by atoms with Crippen molar-refractivity contribution in [2.75, 3.05) is 18.5 Å². The van der Waals surface area contributed by atoms with Crippen LogP contribution in [0.3, 0.4) is 0 Å². The van der Waals surface area contributed by atoms with Crippen LogP contribution in [0.2, 0.25) is 0 Å². The Kier molecular flexibility index (Phi) is 6.50. The Hall–Kier alpha value is -3.72. The fraction of sp³-hybridized carbons (Fsp3) is 0.308. The number of carboxylic acids is 1. The Balaban J connectivity index is 1.14. The Morgan fingerprint density at radius 2 is 1.71 bits per heavy atom. The number of hydrogen-bond acceptors (Lipinski definition) is 6. The maximum Gasteiger partial charge on any atom is 0.413 e. The second-order valence-electron chi connectivity index (χ2n) is 8.73. The van der Waals surface area contributed by atoms with Crippen molar-refractivity contribution in [2.45, 2.75) is 37.6 Å². The van der Waals surface area contributed by atoms with E-state index in [0.717, 1.165) is 28.8 Å². The van der Waals surface area contributed by atoms with Crippen molar-refractivity contribution in [1.82, 2.24) is 9.88 Å². The van der Waals surface area contributed by atoms with Gasteiger partial charge in [-0.2, -0.15) is 0 Å². The van der Waals surface area contributed by atoms with E-state index in [2.05, 4.69) is 34.6 Å². The van der Waals surface area contributed by atoms with E-state index in [9.17, 15) is 14.4 Å². The van der Waals surface area contributed by atoms with Gasteiger partial charge >= 0.3 is 12.1 Å². The van der Waals surface area contributed by atoms with Crippen LogP contribution in [0.5, 0.6) is 0 Å². The standard InChI is InChI=1S/C26H25N3O5S/c30-23(29(14-24(31)32)16-9-10-16)12-11-17-13-27-25(35-17)28-26(33)34-15-22-20-7-3-1-5-18(20)19-6-2-4-8-21(19)22/h1-8,13,16,22H,9-12,14-15H2,(H,31,32)(H,27,28,33). The van der Waals surface area contributed by atoms with E-state index >= 15 is 0 Å². The van der Waals surface area contributed by atoms with Crippen LogP contribution in [0, 0.1) is 0 Å². The molecule has 0 bridgehead atoms. The van der Waals surface area contributed by atoms with E-state index in [1.807, 2.05) is 24.3 Å². The zero-order valence-corrected chi connectivity index (χ0v) is 19.8. The summed E-state index contributed by atoms with van der Waals surface area (Å²) in [7, 11) is 0. The summed E-state index contributed by atoms with van der Waals surface area (Å²) >= 11 is 1.28. The predicted molar refractivity (Wildman–Crippen MR) is 131 cm³/mol. The Morgan fingerprint density at radius 3 is 2.34 bits per heavy atom. The minimum Gasteiger partial charge on any atom is -0.480 e. The maximum absolute atomic E-state index is 12.5. The van der Waals surface area contributed by atoms with Gasteiger partial charge in [0.15, 0.2) is 5.13 Å². The number of carboxylic acid groups (broad SMARTS) is 1. The molecule has 2 aliphatic rings. The second-order valence-corrected chi connectivity index (χ2v) is 9.84. The minimum absolute atomic E-state index is 0.0220. The van der Waals surface area contributed by atoms with Crippen molar-refractivity contribution in [3.63, 3.8) is 0 Å². The number of aromatic nitrogens is 1. The summed E-state index contributed by atoms with van der Waals surface area (Å²) in [5, 5.41) is 12.1. The van der Waals surface area contributed by atoms with Gasteiger partial charge in [-0.3, -0.25) is 14.9 Å². The van der Waals surface area contributed by atoms with Gasteiger partial charge in [0.2, 0.25) is 5.91 Å². The molecule has 5 rings (SSSR count). The van der Waals surface area contributed by atoms with E-state index in [1.165, 1.54) is 27.4 Å². The number of nitrogens with one attached hydrogen (secondary N) is 1. The van der Waals surface area contributed by atoms with Gasteiger partial charge in [0, 0.05) is 29.5 Å². The highest BCUT2D eigenvalue weighted by Crippen LogP contribution is 2.44. The molecule has 0 atom stereocenters. The van der Waals surface area contributed by atoms with Crippen LogP contribution < -0.4 is 5.32 Å². The van der Waals surface area contributed by atoms with Crippen molar-refractivity contribution in [3.05, 3.63) is 70.7 Å². The number of anilines is 1. The molecule has 0 radical (unpaired) electrons. The highest BCUT2D eigenvalue weighted by molar-refractivity contribution is 7.15. The first-order chi connectivity index (χ1) is 17.0. The molecule has 0 spiro atoms. The number of hydrogen-bond donors (Lipinski definition) is 2. The molecule has 35 heavy (non-hydrogen) atoms. The van der Waals surface area contributed by atoms with Gasteiger partial charge in [-0.15, -0.1) is 11.3 Å². The van der Waals surface area contributed by atoms with Crippen molar-refractivity contribution in [3.8, 4) is 11.1 Å². The van der Waals surface area contributed by atoms with Gasteiger partial charge in [0.25, 0.3) is 0 Å². The van der Waals surface area contributed by atoms with Crippen LogP contribution in [-0.2, 0) is 20.7 Å². The number of carbonyl (C=O) groups is 3. The molecular weight excluding hydrogens is 466 g/mol. The highest BCUT2D eigenvalue weighted by Gasteiger charge is 2.33. The SMILES string of the molecule is O=C(O)CN(C(=O)CCc1cnc(NC(=O)OCC2c3ccccc3-c3ccccc32)s1)C1CC1. The third-order valence-electron chi connectivity index (χ3n) is 6.31. The molecule has 1 heterocycles. The third kappa shape index (κ3) is 5.19. The quantitative estimate of drug-likeness (QED) is 0.456. The van der Waals surface area contributed by atoms with Crippen LogP contribution in [-0.4, -0.2) is 52.2 Å². The number of amides is 2. The van der Waals surface area contributed by atoms with E-state index in [4.69, 9.17) is 9.84 Å². The van der Waals surface area contributed by atoms with Gasteiger partial charge in [-0.1, -0.05) is 48.5 Å². The van der Waals surface area contributed by atoms with Crippen molar-refractivity contribution in [2.24, 2.45) is 0 Å². The summed E-state index contributed by atoms with van der Waals surface area (Å²) < 4.78 is 5.55. The molecule has 2 N–H and O–H groups in total. The zero-order valence-electron chi connectivity index (χ0n) is 19.0. The Morgan fingerprint density at radius 1 is 1.06 bits per heavy atom. The van der Waals surface area contributed by atoms with Crippen LogP contribution in [0.25, 0.3) is 11.1 Å². The molecule has 2 aromatic carbocycles. The van der Waals surface area contributed by atoms with E-state index in [-0.39, 0.29) is 37.4 Å².